The van der Waals surface area contributed by atoms with Gasteiger partial charge in [0.2, 0.25) is 0 Å². The summed E-state index contributed by atoms with van der Waals surface area (Å²) in [5.74, 6) is 0. The fourth-order valence-corrected chi connectivity index (χ4v) is 0.814. The van der Waals surface area contributed by atoms with E-state index in [-0.39, 0.29) is 6.47 Å². The van der Waals surface area contributed by atoms with Crippen molar-refractivity contribution < 1.29 is 22.9 Å². The predicted octanol–water partition coefficient (Wildman–Crippen LogP) is -0.689. The van der Waals surface area contributed by atoms with Crippen LogP contribution in [0.15, 0.2) is 0 Å². The molecular weight excluding hydrogens is 186 g/mol. The number of carboxylic acid groups (broad SMARTS) is 1. The van der Waals surface area contributed by atoms with Gasteiger partial charge in [-0.05, 0) is 13.8 Å². The maximum absolute atomic E-state index is 10.2. The van der Waals surface area contributed by atoms with Gasteiger partial charge in [-0.2, -0.15) is 8.42 Å². The molecule has 0 radical (unpaired) electrons. The Morgan fingerprint density at radius 2 is 1.67 bits per heavy atom. The van der Waals surface area contributed by atoms with E-state index in [1.54, 1.807) is 0 Å². The normalized spacial score (nSPS) is 15.3. The van der Waals surface area contributed by atoms with E-state index in [1.807, 2.05) is 0 Å². The third kappa shape index (κ3) is 7.45. The van der Waals surface area contributed by atoms with Gasteiger partial charge in [0.1, 0.15) is 0 Å². The summed E-state index contributed by atoms with van der Waals surface area (Å²) in [5, 5.41) is 6.01. The van der Waals surface area contributed by atoms with Crippen LogP contribution in [0.5, 0.6) is 0 Å². The van der Waals surface area contributed by atoms with Gasteiger partial charge in [0.25, 0.3) is 16.6 Å². The second kappa shape index (κ2) is 5.92. The quantitative estimate of drug-likeness (QED) is 0.400. The van der Waals surface area contributed by atoms with Crippen molar-refractivity contribution in [1.82, 2.24) is 0 Å². The molecule has 2 unspecified atom stereocenters. The van der Waals surface area contributed by atoms with Crippen LogP contribution in [0, 0.1) is 0 Å². The van der Waals surface area contributed by atoms with Crippen LogP contribution in [0.1, 0.15) is 13.8 Å². The molecule has 0 fully saturated rings. The Labute approximate surface area is 71.1 Å². The first-order valence-electron chi connectivity index (χ1n) is 3.07. The van der Waals surface area contributed by atoms with E-state index >= 15 is 0 Å². The molecule has 6 nitrogen and oxygen atoms in total. The van der Waals surface area contributed by atoms with Gasteiger partial charge in [0.05, 0.1) is 5.25 Å². The lowest BCUT2D eigenvalue weighted by molar-refractivity contribution is -0.122. The summed E-state index contributed by atoms with van der Waals surface area (Å²) in [7, 11) is -3.93. The SMILES string of the molecule is CC(N)C(C)S(=O)(=O)O.O=CO. The van der Waals surface area contributed by atoms with Crippen LogP contribution >= 0.6 is 0 Å². The Morgan fingerprint density at radius 1 is 1.42 bits per heavy atom. The molecule has 0 aromatic rings. The van der Waals surface area contributed by atoms with E-state index in [9.17, 15) is 8.42 Å². The molecule has 12 heavy (non-hydrogen) atoms. The van der Waals surface area contributed by atoms with Crippen molar-refractivity contribution in [3.8, 4) is 0 Å². The minimum absolute atomic E-state index is 0.250. The highest BCUT2D eigenvalue weighted by Crippen LogP contribution is 1.99. The first kappa shape index (κ1) is 13.9. The number of hydrogen-bond donors (Lipinski definition) is 3. The third-order valence-corrected chi connectivity index (χ3v) is 2.58. The molecule has 0 saturated carbocycles. The van der Waals surface area contributed by atoms with Gasteiger partial charge in [-0.1, -0.05) is 0 Å². The first-order valence-corrected chi connectivity index (χ1v) is 4.57. The summed E-state index contributed by atoms with van der Waals surface area (Å²) in [5.41, 5.74) is 5.18. The Balaban J connectivity index is 0. The molecule has 0 amide bonds. The molecule has 7 heteroatoms. The average molecular weight is 199 g/mol. The van der Waals surface area contributed by atoms with E-state index in [0.717, 1.165) is 0 Å². The Morgan fingerprint density at radius 3 is 1.67 bits per heavy atom. The molecule has 2 atom stereocenters. The van der Waals surface area contributed by atoms with Crippen molar-refractivity contribution in [3.63, 3.8) is 0 Å². The highest BCUT2D eigenvalue weighted by atomic mass is 32.2. The molecule has 0 aromatic heterocycles. The van der Waals surface area contributed by atoms with E-state index in [1.165, 1.54) is 13.8 Å². The number of hydrogen-bond acceptors (Lipinski definition) is 4. The molecule has 0 aliphatic carbocycles. The van der Waals surface area contributed by atoms with Gasteiger partial charge in [0, 0.05) is 6.04 Å². The first-order chi connectivity index (χ1) is 5.27. The number of carbonyl (C=O) groups is 1. The van der Waals surface area contributed by atoms with Crippen LogP contribution in [0.25, 0.3) is 0 Å². The molecule has 0 heterocycles. The Hall–Kier alpha value is -0.660. The molecule has 0 aromatic carbocycles. The highest BCUT2D eigenvalue weighted by Gasteiger charge is 2.20. The lowest BCUT2D eigenvalue weighted by atomic mass is 10.3. The maximum atomic E-state index is 10.2. The predicted molar refractivity (Wildman–Crippen MR) is 43.4 cm³/mol. The Bertz CT molecular complexity index is 210. The van der Waals surface area contributed by atoms with Crippen LogP contribution in [0.4, 0.5) is 0 Å². The van der Waals surface area contributed by atoms with E-state index in [4.69, 9.17) is 20.2 Å². The standard InChI is InChI=1S/C4H11NO3S.CH2O2/c1-3(5)4(2)9(6,7)8;2-1-3/h3-4H,5H2,1-2H3,(H,6,7,8);1H,(H,2,3). The summed E-state index contributed by atoms with van der Waals surface area (Å²) in [4.78, 5) is 8.36. The molecule has 74 valence electrons. The molecule has 0 aliphatic heterocycles. The zero-order chi connectivity index (χ0) is 10.4. The molecule has 0 rings (SSSR count). The van der Waals surface area contributed by atoms with Crippen molar-refractivity contribution >= 4 is 16.6 Å². The van der Waals surface area contributed by atoms with Crippen LogP contribution < -0.4 is 5.73 Å². The summed E-state index contributed by atoms with van der Waals surface area (Å²) in [6.45, 7) is 2.64. The molecular formula is C5H13NO5S. The second-order valence-electron chi connectivity index (χ2n) is 2.18. The summed E-state index contributed by atoms with van der Waals surface area (Å²) < 4.78 is 28.8. The van der Waals surface area contributed by atoms with Crippen molar-refractivity contribution in [2.45, 2.75) is 25.1 Å². The van der Waals surface area contributed by atoms with Crippen LogP contribution in [0.3, 0.4) is 0 Å². The van der Waals surface area contributed by atoms with Gasteiger partial charge in [-0.15, -0.1) is 0 Å². The number of nitrogens with two attached hydrogens (primary N) is 1. The highest BCUT2D eigenvalue weighted by molar-refractivity contribution is 7.86. The fraction of sp³-hybridized carbons (Fsp3) is 0.800. The van der Waals surface area contributed by atoms with Crippen molar-refractivity contribution in [3.05, 3.63) is 0 Å². The molecule has 0 aliphatic rings. The van der Waals surface area contributed by atoms with Crippen LogP contribution in [-0.2, 0) is 14.9 Å². The lowest BCUT2D eigenvalue weighted by Gasteiger charge is -2.10. The second-order valence-corrected chi connectivity index (χ2v) is 3.96. The summed E-state index contributed by atoms with van der Waals surface area (Å²) in [6, 6.07) is -0.528. The van der Waals surface area contributed by atoms with E-state index in [2.05, 4.69) is 0 Å². The monoisotopic (exact) mass is 199 g/mol. The van der Waals surface area contributed by atoms with Gasteiger partial charge in [-0.3, -0.25) is 9.35 Å². The third-order valence-electron chi connectivity index (χ3n) is 1.21. The average Bonchev–Trinajstić information content (AvgIpc) is 1.85. The number of rotatable bonds is 2. The van der Waals surface area contributed by atoms with Gasteiger partial charge >= 0.3 is 0 Å². The zero-order valence-corrected chi connectivity index (χ0v) is 7.65. The minimum atomic E-state index is -3.93. The Kier molecular flexibility index (Phi) is 6.86. The summed E-state index contributed by atoms with van der Waals surface area (Å²) in [6.07, 6.45) is 0. The van der Waals surface area contributed by atoms with E-state index < -0.39 is 21.4 Å². The van der Waals surface area contributed by atoms with E-state index in [0.29, 0.717) is 0 Å². The van der Waals surface area contributed by atoms with Gasteiger partial charge < -0.3 is 10.8 Å². The molecule has 0 spiro atoms. The van der Waals surface area contributed by atoms with Crippen molar-refractivity contribution in [1.29, 1.82) is 0 Å². The van der Waals surface area contributed by atoms with Crippen molar-refractivity contribution in [2.24, 2.45) is 5.73 Å². The molecule has 4 N–H and O–H groups in total. The maximum Gasteiger partial charge on any atom is 0.290 e. The van der Waals surface area contributed by atoms with Crippen molar-refractivity contribution in [2.75, 3.05) is 0 Å². The zero-order valence-electron chi connectivity index (χ0n) is 6.84. The van der Waals surface area contributed by atoms with Crippen LogP contribution in [0.2, 0.25) is 0 Å². The largest absolute Gasteiger partial charge is 0.483 e. The fourth-order valence-electron chi connectivity index (χ4n) is 0.271. The van der Waals surface area contributed by atoms with Crippen LogP contribution in [-0.4, -0.2) is 35.8 Å². The molecule has 0 saturated heterocycles. The molecule has 0 bridgehead atoms. The van der Waals surface area contributed by atoms with Gasteiger partial charge in [0.15, 0.2) is 0 Å². The van der Waals surface area contributed by atoms with Gasteiger partial charge in [-0.25, -0.2) is 0 Å². The minimum Gasteiger partial charge on any atom is -0.483 e. The lowest BCUT2D eigenvalue weighted by Crippen LogP contribution is -2.35. The topological polar surface area (TPSA) is 118 Å². The summed E-state index contributed by atoms with van der Waals surface area (Å²) >= 11 is 0. The smallest absolute Gasteiger partial charge is 0.290 e.